The molecule has 0 atom stereocenters. The second kappa shape index (κ2) is 8.23. The summed E-state index contributed by atoms with van der Waals surface area (Å²) in [4.78, 5) is 0. The summed E-state index contributed by atoms with van der Waals surface area (Å²) in [7, 11) is 0. The molecule has 0 aliphatic carbocycles. The van der Waals surface area contributed by atoms with Crippen molar-refractivity contribution in [2.24, 2.45) is 0 Å². The van der Waals surface area contributed by atoms with Crippen molar-refractivity contribution in [3.8, 4) is 17.0 Å². The minimum atomic E-state index is 0.630. The SMILES string of the molecule is Cc1cccc(OCCSc2nnc(-c3ccccc3)c3ccccc23)c1. The third kappa shape index (κ3) is 4.12. The van der Waals surface area contributed by atoms with Crippen molar-refractivity contribution in [2.75, 3.05) is 12.4 Å². The van der Waals surface area contributed by atoms with E-state index in [4.69, 9.17) is 4.74 Å². The number of thioether (sulfide) groups is 1. The molecule has 0 radical (unpaired) electrons. The Hall–Kier alpha value is -2.85. The van der Waals surface area contributed by atoms with E-state index in [2.05, 4.69) is 53.5 Å². The molecule has 0 aliphatic rings. The number of hydrogen-bond donors (Lipinski definition) is 0. The second-order valence-corrected chi connectivity index (χ2v) is 7.36. The molecular weight excluding hydrogens is 352 g/mol. The third-order valence-electron chi connectivity index (χ3n) is 4.28. The number of aryl methyl sites for hydroxylation is 1. The zero-order valence-electron chi connectivity index (χ0n) is 15.1. The topological polar surface area (TPSA) is 35.0 Å². The van der Waals surface area contributed by atoms with E-state index >= 15 is 0 Å². The Morgan fingerprint density at radius 2 is 1.59 bits per heavy atom. The molecule has 4 aromatic rings. The smallest absolute Gasteiger partial charge is 0.127 e. The highest BCUT2D eigenvalue weighted by atomic mass is 32.2. The summed E-state index contributed by atoms with van der Waals surface area (Å²) in [5.41, 5.74) is 3.21. The summed E-state index contributed by atoms with van der Waals surface area (Å²) in [5.74, 6) is 1.73. The van der Waals surface area contributed by atoms with Crippen molar-refractivity contribution in [1.82, 2.24) is 10.2 Å². The molecule has 134 valence electrons. The van der Waals surface area contributed by atoms with E-state index in [0.29, 0.717) is 6.61 Å². The number of rotatable bonds is 6. The van der Waals surface area contributed by atoms with Gasteiger partial charge in [0.1, 0.15) is 16.5 Å². The summed E-state index contributed by atoms with van der Waals surface area (Å²) >= 11 is 1.68. The molecule has 0 bridgehead atoms. The number of fused-ring (bicyclic) bond motifs is 1. The van der Waals surface area contributed by atoms with Gasteiger partial charge in [-0.05, 0) is 24.6 Å². The van der Waals surface area contributed by atoms with Crippen LogP contribution in [0.2, 0.25) is 0 Å². The van der Waals surface area contributed by atoms with Crippen LogP contribution in [0.1, 0.15) is 5.56 Å². The summed E-state index contributed by atoms with van der Waals surface area (Å²) < 4.78 is 5.84. The van der Waals surface area contributed by atoms with Gasteiger partial charge in [-0.3, -0.25) is 0 Å². The summed E-state index contributed by atoms with van der Waals surface area (Å²) in [5, 5.41) is 12.2. The number of aromatic nitrogens is 2. The first-order valence-electron chi connectivity index (χ1n) is 8.94. The molecule has 3 nitrogen and oxygen atoms in total. The van der Waals surface area contributed by atoms with Crippen LogP contribution in [-0.2, 0) is 0 Å². The predicted octanol–water partition coefficient (Wildman–Crippen LogP) is 5.78. The molecule has 0 fully saturated rings. The molecule has 3 aromatic carbocycles. The molecular formula is C23H20N2OS. The van der Waals surface area contributed by atoms with Crippen LogP contribution >= 0.6 is 11.8 Å². The Bertz CT molecular complexity index is 1050. The normalized spacial score (nSPS) is 10.9. The lowest BCUT2D eigenvalue weighted by Gasteiger charge is -2.10. The Kier molecular flexibility index (Phi) is 5.35. The lowest BCUT2D eigenvalue weighted by molar-refractivity contribution is 0.343. The molecule has 0 saturated carbocycles. The first kappa shape index (κ1) is 17.6. The van der Waals surface area contributed by atoms with Gasteiger partial charge in [-0.2, -0.15) is 0 Å². The molecule has 4 heteroatoms. The minimum Gasteiger partial charge on any atom is -0.493 e. The Morgan fingerprint density at radius 3 is 2.41 bits per heavy atom. The Balaban J connectivity index is 1.51. The number of benzene rings is 3. The molecule has 1 heterocycles. The molecule has 0 saturated heterocycles. The lowest BCUT2D eigenvalue weighted by Crippen LogP contribution is -2.01. The van der Waals surface area contributed by atoms with E-state index in [0.717, 1.165) is 38.6 Å². The van der Waals surface area contributed by atoms with Gasteiger partial charge in [0, 0.05) is 22.1 Å². The molecule has 1 aromatic heterocycles. The predicted molar refractivity (Wildman–Crippen MR) is 112 cm³/mol. The lowest BCUT2D eigenvalue weighted by atomic mass is 10.1. The number of nitrogens with zero attached hydrogens (tertiary/aromatic N) is 2. The van der Waals surface area contributed by atoms with Crippen molar-refractivity contribution in [3.63, 3.8) is 0 Å². The van der Waals surface area contributed by atoms with E-state index in [9.17, 15) is 0 Å². The van der Waals surface area contributed by atoms with Gasteiger partial charge in [0.15, 0.2) is 0 Å². The van der Waals surface area contributed by atoms with Gasteiger partial charge < -0.3 is 4.74 Å². The van der Waals surface area contributed by atoms with Crippen LogP contribution in [0.15, 0.2) is 83.9 Å². The molecule has 0 spiro atoms. The standard InChI is InChI=1S/C23H20N2OS/c1-17-8-7-11-19(16-17)26-14-15-27-23-21-13-6-5-12-20(21)22(24-25-23)18-9-3-2-4-10-18/h2-13,16H,14-15H2,1H3. The van der Waals surface area contributed by atoms with Crippen LogP contribution in [-0.4, -0.2) is 22.6 Å². The molecule has 4 rings (SSSR count). The molecule has 0 aliphatic heterocycles. The fourth-order valence-electron chi connectivity index (χ4n) is 3.00. The molecule has 0 amide bonds. The zero-order valence-corrected chi connectivity index (χ0v) is 15.9. The van der Waals surface area contributed by atoms with Gasteiger partial charge in [-0.15, -0.1) is 22.0 Å². The van der Waals surface area contributed by atoms with Crippen molar-refractivity contribution in [3.05, 3.63) is 84.4 Å². The quantitative estimate of drug-likeness (QED) is 0.318. The van der Waals surface area contributed by atoms with Gasteiger partial charge in [0.05, 0.1) is 6.61 Å². The second-order valence-electron chi connectivity index (χ2n) is 6.28. The van der Waals surface area contributed by atoms with Crippen molar-refractivity contribution in [1.29, 1.82) is 0 Å². The van der Waals surface area contributed by atoms with E-state index < -0.39 is 0 Å². The first-order chi connectivity index (χ1) is 13.3. The zero-order chi connectivity index (χ0) is 18.5. The van der Waals surface area contributed by atoms with Gasteiger partial charge >= 0.3 is 0 Å². The van der Waals surface area contributed by atoms with Gasteiger partial charge in [0.25, 0.3) is 0 Å². The maximum atomic E-state index is 5.84. The fraction of sp³-hybridized carbons (Fsp3) is 0.130. The fourth-order valence-corrected chi connectivity index (χ4v) is 3.79. The van der Waals surface area contributed by atoms with E-state index in [-0.39, 0.29) is 0 Å². The largest absolute Gasteiger partial charge is 0.493 e. The Labute approximate surface area is 163 Å². The van der Waals surface area contributed by atoms with Gasteiger partial charge in [-0.25, -0.2) is 0 Å². The highest BCUT2D eigenvalue weighted by Gasteiger charge is 2.11. The average Bonchev–Trinajstić information content (AvgIpc) is 2.72. The van der Waals surface area contributed by atoms with Crippen LogP contribution in [0, 0.1) is 6.92 Å². The maximum Gasteiger partial charge on any atom is 0.127 e. The molecule has 0 N–H and O–H groups in total. The maximum absolute atomic E-state index is 5.84. The molecule has 0 unspecified atom stereocenters. The average molecular weight is 372 g/mol. The number of hydrogen-bond acceptors (Lipinski definition) is 4. The number of ether oxygens (including phenoxy) is 1. The first-order valence-corrected chi connectivity index (χ1v) is 9.93. The monoisotopic (exact) mass is 372 g/mol. The van der Waals surface area contributed by atoms with Crippen molar-refractivity contribution in [2.45, 2.75) is 11.9 Å². The van der Waals surface area contributed by atoms with Crippen molar-refractivity contribution >= 4 is 22.5 Å². The van der Waals surface area contributed by atoms with E-state index in [1.807, 2.05) is 42.5 Å². The summed E-state index contributed by atoms with van der Waals surface area (Å²) in [6, 6.07) is 26.6. The third-order valence-corrected chi connectivity index (χ3v) is 5.23. The summed E-state index contributed by atoms with van der Waals surface area (Å²) in [6.45, 7) is 2.70. The van der Waals surface area contributed by atoms with Gasteiger partial charge in [-0.1, -0.05) is 66.7 Å². The van der Waals surface area contributed by atoms with E-state index in [1.165, 1.54) is 5.56 Å². The molecule has 27 heavy (non-hydrogen) atoms. The highest BCUT2D eigenvalue weighted by molar-refractivity contribution is 7.99. The van der Waals surface area contributed by atoms with Crippen LogP contribution < -0.4 is 4.74 Å². The van der Waals surface area contributed by atoms with Crippen LogP contribution in [0.3, 0.4) is 0 Å². The van der Waals surface area contributed by atoms with Crippen molar-refractivity contribution < 1.29 is 4.74 Å². The Morgan fingerprint density at radius 1 is 0.815 bits per heavy atom. The highest BCUT2D eigenvalue weighted by Crippen LogP contribution is 2.31. The minimum absolute atomic E-state index is 0.630. The summed E-state index contributed by atoms with van der Waals surface area (Å²) in [6.07, 6.45) is 0. The van der Waals surface area contributed by atoms with Crippen LogP contribution in [0.25, 0.3) is 22.0 Å². The van der Waals surface area contributed by atoms with Crippen LogP contribution in [0.4, 0.5) is 0 Å². The van der Waals surface area contributed by atoms with Crippen LogP contribution in [0.5, 0.6) is 5.75 Å². The van der Waals surface area contributed by atoms with Gasteiger partial charge in [0.2, 0.25) is 0 Å². The van der Waals surface area contributed by atoms with E-state index in [1.54, 1.807) is 11.8 Å².